The Morgan fingerprint density at radius 3 is 2.23 bits per heavy atom. The summed E-state index contributed by atoms with van der Waals surface area (Å²) in [6, 6.07) is 1.66. The topological polar surface area (TPSA) is 22.0 Å². The first-order valence-corrected chi connectivity index (χ1v) is 3.15. The zero-order chi connectivity index (χ0) is 9.35. The van der Waals surface area contributed by atoms with E-state index in [-0.39, 0.29) is 12.4 Å². The van der Waals surface area contributed by atoms with Crippen molar-refractivity contribution in [3.63, 3.8) is 0 Å². The lowest BCUT2D eigenvalue weighted by molar-refractivity contribution is -0.138. The van der Waals surface area contributed by atoms with Crippen molar-refractivity contribution in [3.8, 4) is 0 Å². The van der Waals surface area contributed by atoms with E-state index in [1.807, 2.05) is 0 Å². The van der Waals surface area contributed by atoms with Crippen molar-refractivity contribution < 1.29 is 13.2 Å². The monoisotopic (exact) mass is 213 g/mol. The van der Waals surface area contributed by atoms with Crippen LogP contribution in [0.4, 0.5) is 13.2 Å². The fraction of sp³-hybridized carbons (Fsp3) is 0.286. The number of hydrogen-bond donors (Lipinski definition) is 0. The van der Waals surface area contributed by atoms with Gasteiger partial charge in [0.15, 0.2) is 0 Å². The number of aryl methyl sites for hydroxylation is 1. The third-order valence-corrected chi connectivity index (χ3v) is 1.41. The predicted octanol–water partition coefficient (Wildman–Crippen LogP) is 1.83. The Morgan fingerprint density at radius 2 is 1.85 bits per heavy atom. The summed E-state index contributed by atoms with van der Waals surface area (Å²) in [6.45, 7) is 0. The maximum atomic E-state index is 12.0. The molecule has 1 aromatic heterocycles. The Labute approximate surface area is 78.4 Å². The molecule has 1 rings (SSSR count). The molecule has 0 saturated carbocycles. The minimum atomic E-state index is -4.38. The number of halogens is 4. The third kappa shape index (κ3) is 2.77. The third-order valence-electron chi connectivity index (χ3n) is 1.41. The molecule has 0 radical (unpaired) electrons. The highest BCUT2D eigenvalue weighted by Crippen LogP contribution is 2.27. The molecule has 2 nitrogen and oxygen atoms in total. The van der Waals surface area contributed by atoms with E-state index in [0.717, 1.165) is 22.9 Å². The quantitative estimate of drug-likeness (QED) is 0.645. The molecule has 0 saturated heterocycles. The number of hydrogen-bond acceptors (Lipinski definition) is 1. The predicted molar refractivity (Wildman–Crippen MR) is 43.9 cm³/mol. The maximum absolute atomic E-state index is 12.0. The first kappa shape index (κ1) is 12.0. The Morgan fingerprint density at radius 1 is 1.31 bits per heavy atom. The summed E-state index contributed by atoms with van der Waals surface area (Å²) >= 11 is 0. The molecule has 6 heteroatoms. The molecule has 0 aliphatic rings. The van der Waals surface area contributed by atoms with Crippen molar-refractivity contribution >= 4 is 12.4 Å². The van der Waals surface area contributed by atoms with Crippen molar-refractivity contribution in [2.45, 2.75) is 6.18 Å². The highest BCUT2D eigenvalue weighted by molar-refractivity contribution is 5.85. The van der Waals surface area contributed by atoms with Gasteiger partial charge in [-0.1, -0.05) is 0 Å². The van der Waals surface area contributed by atoms with Crippen LogP contribution in [0.2, 0.25) is 0 Å². The molecule has 74 valence electrons. The van der Waals surface area contributed by atoms with E-state index in [2.05, 4.69) is 0 Å². The first-order chi connectivity index (χ1) is 5.41. The van der Waals surface area contributed by atoms with Crippen LogP contribution in [-0.2, 0) is 13.2 Å². The average molecular weight is 214 g/mol. The molecule has 1 aromatic rings. The zero-order valence-electron chi connectivity index (χ0n) is 6.63. The van der Waals surface area contributed by atoms with Crippen molar-refractivity contribution in [2.75, 3.05) is 0 Å². The summed E-state index contributed by atoms with van der Waals surface area (Å²) in [5.74, 6) is 0. The van der Waals surface area contributed by atoms with Gasteiger partial charge in [0.25, 0.3) is 0 Å². The number of pyridine rings is 1. The lowest BCUT2D eigenvalue weighted by atomic mass is 10.3. The van der Waals surface area contributed by atoms with E-state index in [0.29, 0.717) is 0 Å². The molecular formula is C7H7ClF3NO. The van der Waals surface area contributed by atoms with Crippen molar-refractivity contribution in [1.82, 2.24) is 4.57 Å². The number of alkyl halides is 3. The fourth-order valence-electron chi connectivity index (χ4n) is 0.762. The summed E-state index contributed by atoms with van der Waals surface area (Å²) in [5.41, 5.74) is -1.27. The van der Waals surface area contributed by atoms with Crippen LogP contribution in [-0.4, -0.2) is 4.57 Å². The molecular weight excluding hydrogens is 207 g/mol. The summed E-state index contributed by atoms with van der Waals surface area (Å²) in [4.78, 5) is 10.7. The molecule has 0 aliphatic heterocycles. The Kier molecular flexibility index (Phi) is 3.54. The lowest BCUT2D eigenvalue weighted by Gasteiger charge is -2.06. The Bertz CT molecular complexity index is 344. The SMILES string of the molecule is Cl.Cn1cc(C(F)(F)F)ccc1=O. The average Bonchev–Trinajstić information content (AvgIpc) is 1.92. The molecule has 0 N–H and O–H groups in total. The molecule has 0 fully saturated rings. The van der Waals surface area contributed by atoms with E-state index in [1.165, 1.54) is 7.05 Å². The molecule has 13 heavy (non-hydrogen) atoms. The van der Waals surface area contributed by atoms with Crippen LogP contribution >= 0.6 is 12.4 Å². The molecule has 0 bridgehead atoms. The Hall–Kier alpha value is -0.970. The summed E-state index contributed by atoms with van der Waals surface area (Å²) in [7, 11) is 1.28. The second-order valence-electron chi connectivity index (χ2n) is 2.36. The standard InChI is InChI=1S/C7H6F3NO.ClH/c1-11-4-5(7(8,9)10)2-3-6(11)12;/h2-4H,1H3;1H. The second-order valence-corrected chi connectivity index (χ2v) is 2.36. The Balaban J connectivity index is 0.00000144. The summed E-state index contributed by atoms with van der Waals surface area (Å²) in [6.07, 6.45) is -3.62. The van der Waals surface area contributed by atoms with Crippen LogP contribution < -0.4 is 5.56 Å². The summed E-state index contributed by atoms with van der Waals surface area (Å²) < 4.78 is 36.8. The minimum absolute atomic E-state index is 0. The lowest BCUT2D eigenvalue weighted by Crippen LogP contribution is -2.18. The van der Waals surface area contributed by atoms with Gasteiger partial charge in [0.2, 0.25) is 5.56 Å². The van der Waals surface area contributed by atoms with Crippen LogP contribution in [0.5, 0.6) is 0 Å². The fourth-order valence-corrected chi connectivity index (χ4v) is 0.762. The van der Waals surface area contributed by atoms with E-state index in [4.69, 9.17) is 0 Å². The van der Waals surface area contributed by atoms with Crippen LogP contribution in [0, 0.1) is 0 Å². The molecule has 0 aliphatic carbocycles. The molecule has 1 heterocycles. The van der Waals surface area contributed by atoms with Gasteiger partial charge in [0.1, 0.15) is 0 Å². The zero-order valence-corrected chi connectivity index (χ0v) is 7.45. The highest BCUT2D eigenvalue weighted by atomic mass is 35.5. The minimum Gasteiger partial charge on any atom is -0.318 e. The highest BCUT2D eigenvalue weighted by Gasteiger charge is 2.30. The van der Waals surface area contributed by atoms with Gasteiger partial charge in [0.05, 0.1) is 5.56 Å². The summed E-state index contributed by atoms with van der Waals surface area (Å²) in [5, 5.41) is 0. The van der Waals surface area contributed by atoms with Crippen LogP contribution in [0.25, 0.3) is 0 Å². The normalized spacial score (nSPS) is 10.8. The molecule has 0 amide bonds. The smallest absolute Gasteiger partial charge is 0.318 e. The van der Waals surface area contributed by atoms with Crippen LogP contribution in [0.3, 0.4) is 0 Å². The van der Waals surface area contributed by atoms with E-state index in [9.17, 15) is 18.0 Å². The maximum Gasteiger partial charge on any atom is 0.417 e. The van der Waals surface area contributed by atoms with Gasteiger partial charge >= 0.3 is 6.18 Å². The number of rotatable bonds is 0. The molecule has 0 atom stereocenters. The van der Waals surface area contributed by atoms with E-state index < -0.39 is 17.3 Å². The van der Waals surface area contributed by atoms with Crippen LogP contribution in [0.1, 0.15) is 5.56 Å². The van der Waals surface area contributed by atoms with E-state index >= 15 is 0 Å². The van der Waals surface area contributed by atoms with Gasteiger partial charge in [-0.15, -0.1) is 12.4 Å². The second kappa shape index (κ2) is 3.83. The largest absolute Gasteiger partial charge is 0.417 e. The number of aromatic nitrogens is 1. The first-order valence-electron chi connectivity index (χ1n) is 3.15. The van der Waals surface area contributed by atoms with Gasteiger partial charge in [0, 0.05) is 19.3 Å². The van der Waals surface area contributed by atoms with Gasteiger partial charge < -0.3 is 4.57 Å². The molecule has 0 unspecified atom stereocenters. The van der Waals surface area contributed by atoms with Crippen molar-refractivity contribution in [1.29, 1.82) is 0 Å². The van der Waals surface area contributed by atoms with Crippen molar-refractivity contribution in [3.05, 3.63) is 34.2 Å². The molecule has 0 aromatic carbocycles. The van der Waals surface area contributed by atoms with Gasteiger partial charge in [-0.25, -0.2) is 0 Å². The van der Waals surface area contributed by atoms with Crippen molar-refractivity contribution in [2.24, 2.45) is 7.05 Å². The molecule has 0 spiro atoms. The van der Waals surface area contributed by atoms with Gasteiger partial charge in [-0.05, 0) is 6.07 Å². The van der Waals surface area contributed by atoms with Crippen LogP contribution in [0.15, 0.2) is 23.1 Å². The van der Waals surface area contributed by atoms with E-state index in [1.54, 1.807) is 0 Å². The van der Waals surface area contributed by atoms with Gasteiger partial charge in [-0.3, -0.25) is 4.79 Å². The van der Waals surface area contributed by atoms with Gasteiger partial charge in [-0.2, -0.15) is 13.2 Å². The number of nitrogens with zero attached hydrogens (tertiary/aromatic N) is 1.